The first-order valence-electron chi connectivity index (χ1n) is 9.41. The van der Waals surface area contributed by atoms with E-state index in [1.807, 2.05) is 48.5 Å². The van der Waals surface area contributed by atoms with E-state index in [2.05, 4.69) is 15.9 Å². The molecule has 9 heteroatoms. The number of anilines is 1. The number of thioether (sulfide) groups is 1. The lowest BCUT2D eigenvalue weighted by molar-refractivity contribution is -0.384. The number of amides is 1. The molecule has 1 aliphatic heterocycles. The van der Waals surface area contributed by atoms with E-state index >= 15 is 0 Å². The number of nitro benzene ring substituents is 1. The number of hydrogen-bond acceptors (Lipinski definition) is 6. The summed E-state index contributed by atoms with van der Waals surface area (Å²) in [5.41, 5.74) is 2.27. The Morgan fingerprint density at radius 1 is 1.09 bits per heavy atom. The number of ether oxygens (including phenoxy) is 1. The molecule has 0 radical (unpaired) electrons. The molecule has 1 amide bonds. The van der Waals surface area contributed by atoms with Gasteiger partial charge in [0.1, 0.15) is 12.4 Å². The number of carbonyl (C=O) groups is 1. The fourth-order valence-electron chi connectivity index (χ4n) is 3.05. The van der Waals surface area contributed by atoms with Crippen LogP contribution in [-0.2, 0) is 11.4 Å². The van der Waals surface area contributed by atoms with E-state index in [-0.39, 0.29) is 18.2 Å². The summed E-state index contributed by atoms with van der Waals surface area (Å²) in [7, 11) is 0. The number of thiocarbonyl (C=S) groups is 1. The lowest BCUT2D eigenvalue weighted by atomic mass is 10.1. The van der Waals surface area contributed by atoms with Crippen LogP contribution < -0.4 is 9.64 Å². The van der Waals surface area contributed by atoms with Crippen LogP contribution in [0.4, 0.5) is 11.4 Å². The van der Waals surface area contributed by atoms with E-state index in [1.165, 1.54) is 28.8 Å². The highest BCUT2D eigenvalue weighted by Crippen LogP contribution is 2.37. The first-order chi connectivity index (χ1) is 15.4. The van der Waals surface area contributed by atoms with Crippen LogP contribution in [0, 0.1) is 10.1 Å². The molecule has 0 atom stereocenters. The van der Waals surface area contributed by atoms with E-state index in [0.29, 0.717) is 20.7 Å². The molecule has 4 rings (SSSR count). The van der Waals surface area contributed by atoms with Crippen LogP contribution in [0.1, 0.15) is 11.1 Å². The zero-order valence-corrected chi connectivity index (χ0v) is 19.7. The summed E-state index contributed by atoms with van der Waals surface area (Å²) in [6, 6.07) is 21.0. The molecule has 3 aromatic carbocycles. The Hall–Kier alpha value is -3.01. The third-order valence-corrected chi connectivity index (χ3v) is 6.40. The minimum absolute atomic E-state index is 0.0293. The van der Waals surface area contributed by atoms with Crippen molar-refractivity contribution in [2.75, 3.05) is 4.90 Å². The van der Waals surface area contributed by atoms with Gasteiger partial charge in [0.05, 0.1) is 15.5 Å². The summed E-state index contributed by atoms with van der Waals surface area (Å²) in [5, 5.41) is 10.8. The molecular weight excluding hydrogens is 512 g/mol. The number of non-ortho nitro benzene ring substituents is 1. The summed E-state index contributed by atoms with van der Waals surface area (Å²) in [4.78, 5) is 25.4. The van der Waals surface area contributed by atoms with Gasteiger partial charge in [-0.25, -0.2) is 0 Å². The summed E-state index contributed by atoms with van der Waals surface area (Å²) in [6.07, 6.45) is 1.77. The predicted molar refractivity (Wildman–Crippen MR) is 134 cm³/mol. The smallest absolute Gasteiger partial charge is 0.270 e. The monoisotopic (exact) mass is 526 g/mol. The zero-order chi connectivity index (χ0) is 22.7. The SMILES string of the molecule is O=C1/C(=C/c2ccccc2OCc2ccc([N+](=O)[O-])cc2)SC(=S)N1c1cccc(Br)c1. The molecule has 3 aromatic rings. The second kappa shape index (κ2) is 9.64. The first kappa shape index (κ1) is 22.2. The standard InChI is InChI=1S/C23H15BrN2O4S2/c24-17-5-3-6-19(13-17)25-22(27)21(32-23(25)31)12-16-4-1-2-7-20(16)30-14-15-8-10-18(11-9-15)26(28)29/h1-13H,14H2/b21-12-. The highest BCUT2D eigenvalue weighted by atomic mass is 79.9. The second-order valence-electron chi connectivity index (χ2n) is 6.75. The number of halogens is 1. The number of nitro groups is 1. The van der Waals surface area contributed by atoms with Crippen LogP contribution in [0.15, 0.2) is 82.2 Å². The average Bonchev–Trinajstić information content (AvgIpc) is 3.06. The van der Waals surface area contributed by atoms with Crippen molar-refractivity contribution < 1.29 is 14.5 Å². The summed E-state index contributed by atoms with van der Waals surface area (Å²) < 4.78 is 7.26. The quantitative estimate of drug-likeness (QED) is 0.161. The van der Waals surface area contributed by atoms with Gasteiger partial charge in [-0.15, -0.1) is 0 Å². The van der Waals surface area contributed by atoms with Crippen LogP contribution in [-0.4, -0.2) is 15.2 Å². The minimum atomic E-state index is -0.440. The zero-order valence-electron chi connectivity index (χ0n) is 16.4. The number of nitrogens with zero attached hydrogens (tertiary/aromatic N) is 2. The molecule has 0 bridgehead atoms. The van der Waals surface area contributed by atoms with E-state index in [1.54, 1.807) is 18.2 Å². The minimum Gasteiger partial charge on any atom is -0.488 e. The van der Waals surface area contributed by atoms with Gasteiger partial charge in [-0.05, 0) is 48.0 Å². The molecule has 1 saturated heterocycles. The van der Waals surface area contributed by atoms with Crippen molar-refractivity contribution >= 4 is 67.6 Å². The van der Waals surface area contributed by atoms with Gasteiger partial charge < -0.3 is 4.74 Å². The Bertz CT molecular complexity index is 1240. The maximum absolute atomic E-state index is 13.0. The maximum Gasteiger partial charge on any atom is 0.270 e. The van der Waals surface area contributed by atoms with Crippen molar-refractivity contribution in [3.8, 4) is 5.75 Å². The Kier molecular flexibility index (Phi) is 6.69. The second-order valence-corrected chi connectivity index (χ2v) is 9.34. The molecule has 0 saturated carbocycles. The van der Waals surface area contributed by atoms with Crippen molar-refractivity contribution in [3.05, 3.63) is 103 Å². The molecule has 0 spiro atoms. The van der Waals surface area contributed by atoms with Gasteiger partial charge in [0.25, 0.3) is 11.6 Å². The summed E-state index contributed by atoms with van der Waals surface area (Å²) in [5.74, 6) is 0.404. The van der Waals surface area contributed by atoms with Crippen molar-refractivity contribution in [3.63, 3.8) is 0 Å². The van der Waals surface area contributed by atoms with Crippen molar-refractivity contribution in [1.82, 2.24) is 0 Å². The predicted octanol–water partition coefficient (Wildman–Crippen LogP) is 6.34. The molecule has 1 heterocycles. The third-order valence-electron chi connectivity index (χ3n) is 4.61. The topological polar surface area (TPSA) is 72.7 Å². The number of para-hydroxylation sites is 1. The summed E-state index contributed by atoms with van der Waals surface area (Å²) in [6.45, 7) is 0.238. The lowest BCUT2D eigenvalue weighted by Gasteiger charge is -2.14. The normalized spacial score (nSPS) is 14.8. The molecule has 0 unspecified atom stereocenters. The van der Waals surface area contributed by atoms with E-state index < -0.39 is 4.92 Å². The molecule has 1 fully saturated rings. The highest BCUT2D eigenvalue weighted by Gasteiger charge is 2.33. The van der Waals surface area contributed by atoms with Crippen LogP contribution >= 0.6 is 39.9 Å². The van der Waals surface area contributed by atoms with E-state index in [4.69, 9.17) is 17.0 Å². The van der Waals surface area contributed by atoms with Gasteiger partial charge in [-0.3, -0.25) is 19.8 Å². The Balaban J connectivity index is 1.54. The molecule has 1 aliphatic rings. The number of benzene rings is 3. The van der Waals surface area contributed by atoms with Crippen molar-refractivity contribution in [1.29, 1.82) is 0 Å². The van der Waals surface area contributed by atoms with Gasteiger partial charge >= 0.3 is 0 Å². The molecule has 32 heavy (non-hydrogen) atoms. The van der Waals surface area contributed by atoms with Crippen molar-refractivity contribution in [2.24, 2.45) is 0 Å². The summed E-state index contributed by atoms with van der Waals surface area (Å²) >= 11 is 10.1. The Labute approximate surface area is 202 Å². The average molecular weight is 527 g/mol. The number of carbonyl (C=O) groups excluding carboxylic acids is 1. The maximum atomic E-state index is 13.0. The van der Waals surface area contributed by atoms with Gasteiger partial charge in [0, 0.05) is 22.2 Å². The van der Waals surface area contributed by atoms with Crippen LogP contribution in [0.5, 0.6) is 5.75 Å². The van der Waals surface area contributed by atoms with Gasteiger partial charge in [0.2, 0.25) is 0 Å². The molecule has 0 aliphatic carbocycles. The Morgan fingerprint density at radius 2 is 1.84 bits per heavy atom. The highest BCUT2D eigenvalue weighted by molar-refractivity contribution is 9.10. The molecular formula is C23H15BrN2O4S2. The third kappa shape index (κ3) is 4.90. The molecule has 0 aromatic heterocycles. The van der Waals surface area contributed by atoms with E-state index in [9.17, 15) is 14.9 Å². The first-order valence-corrected chi connectivity index (χ1v) is 11.4. The van der Waals surface area contributed by atoms with E-state index in [0.717, 1.165) is 15.6 Å². The van der Waals surface area contributed by atoms with Gasteiger partial charge in [0.15, 0.2) is 4.32 Å². The molecule has 6 nitrogen and oxygen atoms in total. The van der Waals surface area contributed by atoms with Crippen LogP contribution in [0.3, 0.4) is 0 Å². The Morgan fingerprint density at radius 3 is 2.56 bits per heavy atom. The number of hydrogen-bond donors (Lipinski definition) is 0. The largest absolute Gasteiger partial charge is 0.488 e. The molecule has 0 N–H and O–H groups in total. The molecule has 160 valence electrons. The fraction of sp³-hybridized carbons (Fsp3) is 0.0435. The lowest BCUT2D eigenvalue weighted by Crippen LogP contribution is -2.27. The van der Waals surface area contributed by atoms with Crippen molar-refractivity contribution in [2.45, 2.75) is 6.61 Å². The van der Waals surface area contributed by atoms with Gasteiger partial charge in [-0.1, -0.05) is 64.2 Å². The van der Waals surface area contributed by atoms with Gasteiger partial charge in [-0.2, -0.15) is 0 Å². The fourth-order valence-corrected chi connectivity index (χ4v) is 4.73. The van der Waals surface area contributed by atoms with Crippen LogP contribution in [0.2, 0.25) is 0 Å². The van der Waals surface area contributed by atoms with Crippen LogP contribution in [0.25, 0.3) is 6.08 Å². The number of rotatable bonds is 6.